The van der Waals surface area contributed by atoms with E-state index in [9.17, 15) is 30.7 Å². The highest BCUT2D eigenvalue weighted by Crippen LogP contribution is 2.54. The Morgan fingerprint density at radius 1 is 0.789 bits per heavy atom. The van der Waals surface area contributed by atoms with Gasteiger partial charge in [-0.3, -0.25) is 0 Å². The largest absolute Gasteiger partial charge is 0.435 e. The van der Waals surface area contributed by atoms with E-state index < -0.39 is 29.1 Å². The minimum absolute atomic E-state index is 0.00653. The smallest absolute Gasteiger partial charge is 0.399 e. The Bertz CT molecular complexity index is 473. The number of halogens is 7. The third-order valence-corrected chi connectivity index (χ3v) is 2.98. The van der Waals surface area contributed by atoms with Gasteiger partial charge in [0.25, 0.3) is 0 Å². The third kappa shape index (κ3) is 2.23. The summed E-state index contributed by atoms with van der Waals surface area (Å²) < 4.78 is 89.3. The van der Waals surface area contributed by atoms with E-state index in [4.69, 9.17) is 5.73 Å². The molecule has 0 atom stereocenters. The van der Waals surface area contributed by atoms with Gasteiger partial charge in [-0.2, -0.15) is 26.3 Å². The minimum atomic E-state index is -6.11. The Morgan fingerprint density at radius 2 is 1.21 bits per heavy atom. The van der Waals surface area contributed by atoms with Crippen molar-refractivity contribution < 1.29 is 30.7 Å². The van der Waals surface area contributed by atoms with Crippen molar-refractivity contribution in [1.82, 2.24) is 0 Å². The maximum absolute atomic E-state index is 13.8. The molecule has 0 aliphatic carbocycles. The molecule has 1 aromatic carbocycles. The Balaban J connectivity index is 3.67. The summed E-state index contributed by atoms with van der Waals surface area (Å²) in [5, 5.41) is 0. The molecular weight excluding hydrogens is 279 g/mol. The molecule has 19 heavy (non-hydrogen) atoms. The van der Waals surface area contributed by atoms with E-state index in [1.54, 1.807) is 0 Å². The number of rotatable bonds is 1. The number of nitrogens with two attached hydrogens (primary N) is 1. The zero-order chi connectivity index (χ0) is 15.2. The maximum Gasteiger partial charge on any atom is 0.435 e. The Labute approximate surface area is 104 Å². The normalized spacial score (nSPS) is 13.7. The van der Waals surface area contributed by atoms with Crippen molar-refractivity contribution in [1.29, 1.82) is 0 Å². The van der Waals surface area contributed by atoms with Crippen molar-refractivity contribution >= 4 is 5.69 Å². The van der Waals surface area contributed by atoms with Crippen molar-refractivity contribution in [3.05, 3.63) is 28.8 Å². The van der Waals surface area contributed by atoms with Crippen LogP contribution < -0.4 is 5.73 Å². The number of benzene rings is 1. The predicted octanol–water partition coefficient (Wildman–Crippen LogP) is 4.18. The van der Waals surface area contributed by atoms with E-state index >= 15 is 0 Å². The molecule has 0 bridgehead atoms. The van der Waals surface area contributed by atoms with Gasteiger partial charge in [0.2, 0.25) is 0 Å². The molecule has 0 heterocycles. The van der Waals surface area contributed by atoms with Crippen molar-refractivity contribution in [2.24, 2.45) is 0 Å². The average molecular weight is 289 g/mol. The second-order valence-electron chi connectivity index (χ2n) is 4.11. The molecule has 0 aliphatic heterocycles. The summed E-state index contributed by atoms with van der Waals surface area (Å²) in [6.45, 7) is 2.19. The fraction of sp³-hybridized carbons (Fsp3) is 0.455. The van der Waals surface area contributed by atoms with Crippen molar-refractivity contribution in [2.75, 3.05) is 5.73 Å². The lowest BCUT2D eigenvalue weighted by Crippen LogP contribution is -2.50. The zero-order valence-corrected chi connectivity index (χ0v) is 9.88. The monoisotopic (exact) mass is 289 g/mol. The van der Waals surface area contributed by atoms with Crippen molar-refractivity contribution in [3.63, 3.8) is 0 Å². The lowest BCUT2D eigenvalue weighted by molar-refractivity contribution is -0.348. The highest BCUT2D eigenvalue weighted by molar-refractivity contribution is 5.54. The first-order valence-electron chi connectivity index (χ1n) is 5.02. The van der Waals surface area contributed by atoms with Gasteiger partial charge < -0.3 is 5.73 Å². The van der Waals surface area contributed by atoms with Crippen LogP contribution in [0.2, 0.25) is 0 Å². The maximum atomic E-state index is 13.8. The van der Waals surface area contributed by atoms with Crippen LogP contribution in [0.25, 0.3) is 0 Å². The molecule has 1 rings (SSSR count). The second kappa shape index (κ2) is 4.28. The molecule has 108 valence electrons. The van der Waals surface area contributed by atoms with Gasteiger partial charge in [-0.1, -0.05) is 6.07 Å². The van der Waals surface area contributed by atoms with Gasteiger partial charge in [0, 0.05) is 11.3 Å². The van der Waals surface area contributed by atoms with Crippen LogP contribution in [0.15, 0.2) is 12.1 Å². The van der Waals surface area contributed by atoms with Crippen LogP contribution in [0, 0.1) is 13.8 Å². The highest BCUT2D eigenvalue weighted by Gasteiger charge is 2.73. The van der Waals surface area contributed by atoms with Crippen molar-refractivity contribution in [3.8, 4) is 0 Å². The summed E-state index contributed by atoms with van der Waals surface area (Å²) in [6.07, 6.45) is -12.2. The lowest BCUT2D eigenvalue weighted by Gasteiger charge is -2.32. The van der Waals surface area contributed by atoms with Crippen molar-refractivity contribution in [2.45, 2.75) is 31.9 Å². The molecule has 0 spiro atoms. The standard InChI is InChI=1S/C11H10F7N/c1-5-6(2)8(19)4-3-7(5)9(12,10(13,14)15)11(16,17)18/h3-4H,19H2,1-2H3. The number of hydrogen-bond donors (Lipinski definition) is 1. The zero-order valence-electron chi connectivity index (χ0n) is 9.88. The number of anilines is 1. The number of hydrogen-bond acceptors (Lipinski definition) is 1. The van der Waals surface area contributed by atoms with Crippen LogP contribution >= 0.6 is 0 Å². The van der Waals surface area contributed by atoms with E-state index in [1.165, 1.54) is 6.92 Å². The molecule has 1 nitrogen and oxygen atoms in total. The van der Waals surface area contributed by atoms with Crippen LogP contribution in [0.5, 0.6) is 0 Å². The Kier molecular flexibility index (Phi) is 3.51. The van der Waals surface area contributed by atoms with Crippen LogP contribution in [-0.4, -0.2) is 12.4 Å². The van der Waals surface area contributed by atoms with Gasteiger partial charge in [0.15, 0.2) is 0 Å². The van der Waals surface area contributed by atoms with Gasteiger partial charge in [-0.05, 0) is 31.0 Å². The second-order valence-corrected chi connectivity index (χ2v) is 4.11. The first kappa shape index (κ1) is 15.6. The molecule has 0 aromatic heterocycles. The van der Waals surface area contributed by atoms with E-state index in [1.807, 2.05) is 0 Å². The van der Waals surface area contributed by atoms with E-state index in [2.05, 4.69) is 0 Å². The molecular formula is C11H10F7N. The average Bonchev–Trinajstić information content (AvgIpc) is 2.22. The quantitative estimate of drug-likeness (QED) is 0.609. The summed E-state index contributed by atoms with van der Waals surface area (Å²) >= 11 is 0. The molecule has 0 fully saturated rings. The molecule has 0 amide bonds. The third-order valence-electron chi connectivity index (χ3n) is 2.98. The molecule has 0 unspecified atom stereocenters. The van der Waals surface area contributed by atoms with Gasteiger partial charge in [0.1, 0.15) is 0 Å². The molecule has 0 radical (unpaired) electrons. The summed E-state index contributed by atoms with van der Waals surface area (Å²) in [5.41, 5.74) is -2.04. The summed E-state index contributed by atoms with van der Waals surface area (Å²) in [7, 11) is 0. The molecule has 2 N–H and O–H groups in total. The van der Waals surface area contributed by atoms with E-state index in [-0.39, 0.29) is 11.3 Å². The Morgan fingerprint density at radius 3 is 1.58 bits per heavy atom. The molecule has 0 aliphatic rings. The van der Waals surface area contributed by atoms with Crippen LogP contribution in [0.4, 0.5) is 36.4 Å². The molecule has 0 saturated heterocycles. The van der Waals surface area contributed by atoms with E-state index in [0.29, 0.717) is 6.07 Å². The predicted molar refractivity (Wildman–Crippen MR) is 55.2 cm³/mol. The van der Waals surface area contributed by atoms with E-state index in [0.717, 1.165) is 13.0 Å². The number of nitrogen functional groups attached to an aromatic ring is 1. The van der Waals surface area contributed by atoms with Gasteiger partial charge >= 0.3 is 18.0 Å². The Hall–Kier alpha value is -1.47. The lowest BCUT2D eigenvalue weighted by atomic mass is 9.88. The van der Waals surface area contributed by atoms with Crippen LogP contribution in [-0.2, 0) is 5.67 Å². The van der Waals surface area contributed by atoms with Crippen LogP contribution in [0.1, 0.15) is 16.7 Å². The summed E-state index contributed by atoms with van der Waals surface area (Å²) in [6, 6.07) is 1.24. The first-order valence-corrected chi connectivity index (χ1v) is 5.02. The minimum Gasteiger partial charge on any atom is -0.399 e. The fourth-order valence-corrected chi connectivity index (χ4v) is 1.68. The topological polar surface area (TPSA) is 26.0 Å². The molecule has 0 saturated carbocycles. The first-order chi connectivity index (χ1) is 8.34. The van der Waals surface area contributed by atoms with Gasteiger partial charge in [0.05, 0.1) is 0 Å². The molecule has 1 aromatic rings. The van der Waals surface area contributed by atoms with Crippen LogP contribution in [0.3, 0.4) is 0 Å². The highest BCUT2D eigenvalue weighted by atomic mass is 19.4. The van der Waals surface area contributed by atoms with Gasteiger partial charge in [-0.15, -0.1) is 0 Å². The summed E-state index contributed by atoms with van der Waals surface area (Å²) in [4.78, 5) is 0. The molecule has 8 heteroatoms. The number of alkyl halides is 7. The SMILES string of the molecule is Cc1c(N)ccc(C(F)(C(F)(F)F)C(F)(F)F)c1C. The fourth-order valence-electron chi connectivity index (χ4n) is 1.68. The van der Waals surface area contributed by atoms with Gasteiger partial charge in [-0.25, -0.2) is 4.39 Å². The summed E-state index contributed by atoms with van der Waals surface area (Å²) in [5.74, 6) is 0.